The minimum Gasteiger partial charge on any atom is -0.435 e. The molecule has 0 fully saturated rings. The van der Waals surface area contributed by atoms with Gasteiger partial charge in [-0.3, -0.25) is 4.31 Å². The first-order chi connectivity index (χ1) is 13.2. The number of anilines is 2. The molecule has 9 heteroatoms. The maximum atomic E-state index is 12.5. The highest BCUT2D eigenvalue weighted by Crippen LogP contribution is 2.37. The fraction of sp³-hybridized carbons (Fsp3) is 0.263. The number of sulfonamides is 1. The summed E-state index contributed by atoms with van der Waals surface area (Å²) in [5, 5.41) is 0.717. The van der Waals surface area contributed by atoms with Gasteiger partial charge in [0.15, 0.2) is 0 Å². The van der Waals surface area contributed by atoms with Crippen LogP contribution in [-0.2, 0) is 17.1 Å². The van der Waals surface area contributed by atoms with Crippen LogP contribution >= 0.6 is 0 Å². The maximum Gasteiger partial charge on any atom is 0.387 e. The van der Waals surface area contributed by atoms with E-state index >= 15 is 0 Å². The Kier molecular flexibility index (Phi) is 5.20. The maximum absolute atomic E-state index is 12.5. The number of rotatable bonds is 6. The van der Waals surface area contributed by atoms with Gasteiger partial charge in [0.2, 0.25) is 10.0 Å². The molecule has 0 saturated heterocycles. The Morgan fingerprint density at radius 1 is 1.18 bits per heavy atom. The second-order valence-electron chi connectivity index (χ2n) is 6.29. The van der Waals surface area contributed by atoms with E-state index in [-0.39, 0.29) is 11.5 Å². The number of fused-ring (bicyclic) bond motifs is 1. The lowest BCUT2D eigenvalue weighted by molar-refractivity contribution is -0.0497. The summed E-state index contributed by atoms with van der Waals surface area (Å²) in [6.45, 7) is -1.32. The summed E-state index contributed by atoms with van der Waals surface area (Å²) in [7, 11) is -0.0690. The summed E-state index contributed by atoms with van der Waals surface area (Å²) in [5.41, 5.74) is 9.47. The molecular weight excluding hydrogens is 388 g/mol. The SMILES string of the molecule is CCS(=O)(=O)N(C)c1ccc(-c2c(N)c3ccc(OC(F)F)cc3n2C)cc1. The number of hydrogen-bond donors (Lipinski definition) is 1. The van der Waals surface area contributed by atoms with Gasteiger partial charge in [0.25, 0.3) is 0 Å². The summed E-state index contributed by atoms with van der Waals surface area (Å²) in [6.07, 6.45) is 0. The second kappa shape index (κ2) is 7.31. The normalized spacial score (nSPS) is 11.9. The van der Waals surface area contributed by atoms with Crippen molar-refractivity contribution in [1.29, 1.82) is 0 Å². The molecule has 0 saturated carbocycles. The molecule has 2 N–H and O–H groups in total. The Morgan fingerprint density at radius 2 is 1.82 bits per heavy atom. The van der Waals surface area contributed by atoms with E-state index in [1.165, 1.54) is 23.5 Å². The number of nitrogens with two attached hydrogens (primary N) is 1. The zero-order valence-corrected chi connectivity index (χ0v) is 16.5. The van der Waals surface area contributed by atoms with Crippen molar-refractivity contribution in [3.63, 3.8) is 0 Å². The molecule has 0 bridgehead atoms. The van der Waals surface area contributed by atoms with Gasteiger partial charge in [0.1, 0.15) is 5.75 Å². The van der Waals surface area contributed by atoms with Gasteiger partial charge >= 0.3 is 6.61 Å². The molecule has 0 amide bonds. The molecule has 0 aliphatic heterocycles. The van der Waals surface area contributed by atoms with Gasteiger partial charge in [-0.25, -0.2) is 8.42 Å². The molecule has 0 aliphatic rings. The van der Waals surface area contributed by atoms with E-state index in [4.69, 9.17) is 5.73 Å². The van der Waals surface area contributed by atoms with Crippen molar-refractivity contribution in [2.45, 2.75) is 13.5 Å². The molecule has 0 spiro atoms. The van der Waals surface area contributed by atoms with E-state index in [1.807, 2.05) is 0 Å². The zero-order chi connectivity index (χ0) is 20.6. The summed E-state index contributed by atoms with van der Waals surface area (Å²) >= 11 is 0. The van der Waals surface area contributed by atoms with Crippen molar-refractivity contribution in [3.8, 4) is 17.0 Å². The average Bonchev–Trinajstić information content (AvgIpc) is 2.91. The van der Waals surface area contributed by atoms with Gasteiger partial charge in [0, 0.05) is 31.1 Å². The third-order valence-electron chi connectivity index (χ3n) is 4.72. The molecule has 3 rings (SSSR count). The van der Waals surface area contributed by atoms with Crippen LogP contribution < -0.4 is 14.8 Å². The first kappa shape index (κ1) is 19.9. The van der Waals surface area contributed by atoms with Crippen LogP contribution in [0.1, 0.15) is 6.92 Å². The number of nitrogen functional groups attached to an aromatic ring is 1. The highest BCUT2D eigenvalue weighted by molar-refractivity contribution is 7.92. The van der Waals surface area contributed by atoms with Crippen molar-refractivity contribution in [3.05, 3.63) is 42.5 Å². The van der Waals surface area contributed by atoms with E-state index in [9.17, 15) is 17.2 Å². The highest BCUT2D eigenvalue weighted by atomic mass is 32.2. The van der Waals surface area contributed by atoms with Crippen molar-refractivity contribution < 1.29 is 21.9 Å². The molecule has 0 aliphatic carbocycles. The van der Waals surface area contributed by atoms with Crippen LogP contribution in [0, 0.1) is 0 Å². The van der Waals surface area contributed by atoms with Gasteiger partial charge in [-0.15, -0.1) is 0 Å². The predicted molar refractivity (Wildman–Crippen MR) is 107 cm³/mol. The first-order valence-electron chi connectivity index (χ1n) is 8.55. The number of alkyl halides is 2. The highest BCUT2D eigenvalue weighted by Gasteiger charge is 2.18. The Bertz CT molecular complexity index is 1110. The molecule has 0 atom stereocenters. The molecule has 150 valence electrons. The molecule has 3 aromatic rings. The van der Waals surface area contributed by atoms with Crippen LogP contribution in [0.2, 0.25) is 0 Å². The number of hydrogen-bond acceptors (Lipinski definition) is 4. The van der Waals surface area contributed by atoms with Crippen molar-refractivity contribution in [2.24, 2.45) is 7.05 Å². The van der Waals surface area contributed by atoms with Crippen molar-refractivity contribution >= 4 is 32.3 Å². The van der Waals surface area contributed by atoms with E-state index in [0.29, 0.717) is 28.0 Å². The van der Waals surface area contributed by atoms with Crippen molar-refractivity contribution in [1.82, 2.24) is 4.57 Å². The molecular formula is C19H21F2N3O3S. The van der Waals surface area contributed by atoms with Gasteiger partial charge in [-0.1, -0.05) is 12.1 Å². The van der Waals surface area contributed by atoms with Gasteiger partial charge in [-0.05, 0) is 31.2 Å². The molecule has 1 aromatic heterocycles. The predicted octanol–water partition coefficient (Wildman–Crippen LogP) is 3.81. The van der Waals surface area contributed by atoms with Gasteiger partial charge < -0.3 is 15.0 Å². The third-order valence-corrected chi connectivity index (χ3v) is 6.50. The lowest BCUT2D eigenvalue weighted by atomic mass is 10.1. The van der Waals surface area contributed by atoms with E-state index in [0.717, 1.165) is 5.56 Å². The minimum absolute atomic E-state index is 0.00439. The Labute approximate surface area is 162 Å². The summed E-state index contributed by atoms with van der Waals surface area (Å²) < 4.78 is 56.5. The average molecular weight is 409 g/mol. The molecule has 0 unspecified atom stereocenters. The summed E-state index contributed by atoms with van der Waals surface area (Å²) in [5.74, 6) is 0.0566. The summed E-state index contributed by atoms with van der Waals surface area (Å²) in [6, 6.07) is 11.5. The van der Waals surface area contributed by atoms with Crippen LogP contribution in [-0.4, -0.2) is 32.4 Å². The van der Waals surface area contributed by atoms with Crippen molar-refractivity contribution in [2.75, 3.05) is 22.8 Å². The van der Waals surface area contributed by atoms with Gasteiger partial charge in [0.05, 0.1) is 28.3 Å². The fourth-order valence-electron chi connectivity index (χ4n) is 3.15. The Hall–Kier alpha value is -2.81. The Morgan fingerprint density at radius 3 is 2.39 bits per heavy atom. The van der Waals surface area contributed by atoms with Crippen LogP contribution in [0.5, 0.6) is 5.75 Å². The standard InChI is InChI=1S/C19H21F2N3O3S/c1-4-28(25,26)24(3)13-7-5-12(6-8-13)18-17(22)15-10-9-14(27-19(20)21)11-16(15)23(18)2/h5-11,19H,4,22H2,1-3H3. The third kappa shape index (κ3) is 3.49. The number of nitrogens with zero attached hydrogens (tertiary/aromatic N) is 2. The van der Waals surface area contributed by atoms with Crippen LogP contribution in [0.15, 0.2) is 42.5 Å². The number of benzene rings is 2. The number of aromatic nitrogens is 1. The fourth-order valence-corrected chi connectivity index (χ4v) is 3.98. The monoisotopic (exact) mass is 409 g/mol. The smallest absolute Gasteiger partial charge is 0.387 e. The molecule has 2 aromatic carbocycles. The molecule has 1 heterocycles. The minimum atomic E-state index is -3.35. The summed E-state index contributed by atoms with van der Waals surface area (Å²) in [4.78, 5) is 0. The number of ether oxygens (including phenoxy) is 1. The van der Waals surface area contributed by atoms with Crippen LogP contribution in [0.25, 0.3) is 22.2 Å². The van der Waals surface area contributed by atoms with E-state index < -0.39 is 16.6 Å². The molecule has 28 heavy (non-hydrogen) atoms. The number of halogens is 2. The quantitative estimate of drug-likeness (QED) is 0.672. The van der Waals surface area contributed by atoms with E-state index in [2.05, 4.69) is 4.74 Å². The first-order valence-corrected chi connectivity index (χ1v) is 10.2. The molecule has 0 radical (unpaired) electrons. The molecule has 6 nitrogen and oxygen atoms in total. The van der Waals surface area contributed by atoms with E-state index in [1.54, 1.807) is 48.9 Å². The largest absolute Gasteiger partial charge is 0.435 e. The topological polar surface area (TPSA) is 77.6 Å². The number of aryl methyl sites for hydroxylation is 1. The Balaban J connectivity index is 2.04. The van der Waals surface area contributed by atoms with Crippen LogP contribution in [0.4, 0.5) is 20.2 Å². The lowest BCUT2D eigenvalue weighted by Gasteiger charge is -2.18. The van der Waals surface area contributed by atoms with Gasteiger partial charge in [-0.2, -0.15) is 8.78 Å². The second-order valence-corrected chi connectivity index (χ2v) is 8.58. The zero-order valence-electron chi connectivity index (χ0n) is 15.7. The van der Waals surface area contributed by atoms with Crippen LogP contribution in [0.3, 0.4) is 0 Å². The lowest BCUT2D eigenvalue weighted by Crippen LogP contribution is -2.27.